The molecule has 2 rings (SSSR count). The molecule has 0 heterocycles. The Morgan fingerprint density at radius 2 is 1.33 bits per heavy atom. The SMILES string of the molecule is CC(C1CCCC1)[Si](C)(C)C1CCCC1. The average molecular weight is 224 g/mol. The Bertz CT molecular complexity index is 197. The van der Waals surface area contributed by atoms with E-state index in [-0.39, 0.29) is 0 Å². The van der Waals surface area contributed by atoms with Crippen LogP contribution in [0.1, 0.15) is 58.3 Å². The highest BCUT2D eigenvalue weighted by Gasteiger charge is 2.41. The van der Waals surface area contributed by atoms with Crippen LogP contribution in [0.25, 0.3) is 0 Å². The quantitative estimate of drug-likeness (QED) is 0.577. The van der Waals surface area contributed by atoms with Crippen molar-refractivity contribution in [2.45, 2.75) is 82.5 Å². The zero-order valence-electron chi connectivity index (χ0n) is 10.9. The first-order chi connectivity index (χ1) is 7.12. The maximum Gasteiger partial charge on any atom is 0.0535 e. The molecule has 0 aromatic heterocycles. The molecule has 0 bridgehead atoms. The summed E-state index contributed by atoms with van der Waals surface area (Å²) in [5.74, 6) is 1.10. The van der Waals surface area contributed by atoms with Crippen LogP contribution in [-0.2, 0) is 0 Å². The monoisotopic (exact) mass is 224 g/mol. The Morgan fingerprint density at radius 1 is 0.867 bits per heavy atom. The standard InChI is InChI=1S/C14H28Si/c1-12(13-8-4-5-9-13)15(2,3)14-10-6-7-11-14/h12-14H,4-11H2,1-3H3. The largest absolute Gasteiger partial charge is 0.0689 e. The van der Waals surface area contributed by atoms with Crippen LogP contribution < -0.4 is 0 Å². The predicted molar refractivity (Wildman–Crippen MR) is 71.1 cm³/mol. The lowest BCUT2D eigenvalue weighted by Crippen LogP contribution is -2.38. The van der Waals surface area contributed by atoms with Crippen LogP contribution in [0, 0.1) is 5.92 Å². The average Bonchev–Trinajstić information content (AvgIpc) is 2.89. The van der Waals surface area contributed by atoms with E-state index in [1.807, 2.05) is 0 Å². The third-order valence-corrected chi connectivity index (χ3v) is 11.2. The van der Waals surface area contributed by atoms with Gasteiger partial charge in [0.05, 0.1) is 8.07 Å². The van der Waals surface area contributed by atoms with Crippen molar-refractivity contribution < 1.29 is 0 Å². The topological polar surface area (TPSA) is 0 Å². The molecule has 2 aliphatic rings. The van der Waals surface area contributed by atoms with Crippen LogP contribution in [0.15, 0.2) is 0 Å². The van der Waals surface area contributed by atoms with Crippen molar-refractivity contribution in [1.29, 1.82) is 0 Å². The molecule has 0 spiro atoms. The van der Waals surface area contributed by atoms with E-state index in [4.69, 9.17) is 0 Å². The summed E-state index contributed by atoms with van der Waals surface area (Å²) >= 11 is 0. The summed E-state index contributed by atoms with van der Waals surface area (Å²) in [5.41, 5.74) is 2.25. The maximum atomic E-state index is 2.69. The van der Waals surface area contributed by atoms with E-state index in [0.717, 1.165) is 17.0 Å². The van der Waals surface area contributed by atoms with E-state index in [9.17, 15) is 0 Å². The highest BCUT2D eigenvalue weighted by Crippen LogP contribution is 2.49. The minimum Gasteiger partial charge on any atom is -0.0689 e. The van der Waals surface area contributed by atoms with Gasteiger partial charge < -0.3 is 0 Å². The lowest BCUT2D eigenvalue weighted by molar-refractivity contribution is 0.508. The minimum atomic E-state index is -0.939. The summed E-state index contributed by atoms with van der Waals surface area (Å²) in [5, 5.41) is 0. The summed E-state index contributed by atoms with van der Waals surface area (Å²) in [4.78, 5) is 0. The van der Waals surface area contributed by atoms with Crippen molar-refractivity contribution in [3.8, 4) is 0 Å². The maximum absolute atomic E-state index is 2.69. The van der Waals surface area contributed by atoms with Gasteiger partial charge in [0, 0.05) is 0 Å². The fourth-order valence-corrected chi connectivity index (χ4v) is 8.29. The highest BCUT2D eigenvalue weighted by atomic mass is 28.3. The third-order valence-electron chi connectivity index (χ3n) is 5.69. The zero-order valence-corrected chi connectivity index (χ0v) is 11.9. The van der Waals surface area contributed by atoms with Crippen molar-refractivity contribution in [2.24, 2.45) is 5.92 Å². The van der Waals surface area contributed by atoms with Crippen LogP contribution in [-0.4, -0.2) is 8.07 Å². The molecule has 0 amide bonds. The molecule has 88 valence electrons. The van der Waals surface area contributed by atoms with E-state index in [1.54, 1.807) is 25.7 Å². The van der Waals surface area contributed by atoms with E-state index in [1.165, 1.54) is 25.7 Å². The van der Waals surface area contributed by atoms with Crippen molar-refractivity contribution in [3.63, 3.8) is 0 Å². The second-order valence-corrected chi connectivity index (χ2v) is 12.0. The molecular weight excluding hydrogens is 196 g/mol. The van der Waals surface area contributed by atoms with Gasteiger partial charge in [-0.25, -0.2) is 0 Å². The second kappa shape index (κ2) is 4.61. The molecule has 2 saturated carbocycles. The number of hydrogen-bond acceptors (Lipinski definition) is 0. The van der Waals surface area contributed by atoms with Gasteiger partial charge >= 0.3 is 0 Å². The molecule has 0 nitrogen and oxygen atoms in total. The minimum absolute atomic E-state index is 0.939. The van der Waals surface area contributed by atoms with E-state index >= 15 is 0 Å². The Balaban J connectivity index is 1.99. The summed E-state index contributed by atoms with van der Waals surface area (Å²) in [6.07, 6.45) is 12.3. The molecule has 0 saturated heterocycles. The van der Waals surface area contributed by atoms with Gasteiger partial charge in [0.25, 0.3) is 0 Å². The number of hydrogen-bond donors (Lipinski definition) is 0. The fraction of sp³-hybridized carbons (Fsp3) is 1.00. The first kappa shape index (κ1) is 11.7. The molecule has 0 aromatic rings. The molecular formula is C14H28Si. The van der Waals surface area contributed by atoms with Gasteiger partial charge in [-0.3, -0.25) is 0 Å². The zero-order chi connectivity index (χ0) is 10.9. The Hall–Kier alpha value is 0.217. The molecule has 15 heavy (non-hydrogen) atoms. The molecule has 0 aliphatic heterocycles. The van der Waals surface area contributed by atoms with Crippen molar-refractivity contribution in [2.75, 3.05) is 0 Å². The number of rotatable bonds is 3. The van der Waals surface area contributed by atoms with Crippen LogP contribution >= 0.6 is 0 Å². The van der Waals surface area contributed by atoms with Crippen molar-refractivity contribution >= 4 is 8.07 Å². The van der Waals surface area contributed by atoms with Crippen molar-refractivity contribution in [3.05, 3.63) is 0 Å². The lowest BCUT2D eigenvalue weighted by atomic mass is 10.1. The summed E-state index contributed by atoms with van der Waals surface area (Å²) < 4.78 is 0. The summed E-state index contributed by atoms with van der Waals surface area (Å²) in [6.45, 7) is 7.97. The van der Waals surface area contributed by atoms with Crippen LogP contribution in [0.3, 0.4) is 0 Å². The van der Waals surface area contributed by atoms with E-state index < -0.39 is 8.07 Å². The van der Waals surface area contributed by atoms with E-state index in [0.29, 0.717) is 0 Å². The Kier molecular flexibility index (Phi) is 3.59. The van der Waals surface area contributed by atoms with Crippen LogP contribution in [0.5, 0.6) is 0 Å². The van der Waals surface area contributed by atoms with Crippen molar-refractivity contribution in [1.82, 2.24) is 0 Å². The highest BCUT2D eigenvalue weighted by molar-refractivity contribution is 6.80. The molecule has 1 heteroatoms. The van der Waals surface area contributed by atoms with Gasteiger partial charge in [-0.2, -0.15) is 0 Å². The van der Waals surface area contributed by atoms with Gasteiger partial charge in [0.2, 0.25) is 0 Å². The molecule has 1 atom stereocenters. The predicted octanol–water partition coefficient (Wildman–Crippen LogP) is 5.22. The third kappa shape index (κ3) is 2.32. The molecule has 0 radical (unpaired) electrons. The van der Waals surface area contributed by atoms with Gasteiger partial charge in [-0.05, 0) is 17.0 Å². The van der Waals surface area contributed by atoms with Gasteiger partial charge in [-0.15, -0.1) is 0 Å². The Labute approximate surface area is 96.9 Å². The lowest BCUT2D eigenvalue weighted by Gasteiger charge is -2.39. The molecule has 0 aromatic carbocycles. The first-order valence-corrected chi connectivity index (χ1v) is 10.3. The van der Waals surface area contributed by atoms with Gasteiger partial charge in [0.1, 0.15) is 0 Å². The Morgan fingerprint density at radius 3 is 1.87 bits per heavy atom. The molecule has 2 fully saturated rings. The fourth-order valence-electron chi connectivity index (χ4n) is 4.11. The summed E-state index contributed by atoms with van der Waals surface area (Å²) in [7, 11) is -0.939. The van der Waals surface area contributed by atoms with Gasteiger partial charge in [-0.1, -0.05) is 71.4 Å². The van der Waals surface area contributed by atoms with Crippen LogP contribution in [0.4, 0.5) is 0 Å². The van der Waals surface area contributed by atoms with E-state index in [2.05, 4.69) is 20.0 Å². The molecule has 1 unspecified atom stereocenters. The summed E-state index contributed by atoms with van der Waals surface area (Å²) in [6, 6.07) is 0. The van der Waals surface area contributed by atoms with Gasteiger partial charge in [0.15, 0.2) is 0 Å². The molecule has 2 aliphatic carbocycles. The molecule has 0 N–H and O–H groups in total. The van der Waals surface area contributed by atoms with Crippen LogP contribution in [0.2, 0.25) is 24.2 Å². The second-order valence-electron chi connectivity index (χ2n) is 6.64. The normalized spacial score (nSPS) is 27.4. The smallest absolute Gasteiger partial charge is 0.0535 e. The first-order valence-electron chi connectivity index (χ1n) is 7.12.